The molecule has 3 amide bonds. The van der Waals surface area contributed by atoms with Crippen molar-refractivity contribution in [1.82, 2.24) is 16.0 Å². The fraction of sp³-hybridized carbons (Fsp3) is 0.333. The Morgan fingerprint density at radius 1 is 1.00 bits per heavy atom. The number of para-hydroxylation sites is 1. The molecule has 0 aromatic heterocycles. The third kappa shape index (κ3) is 6.76. The van der Waals surface area contributed by atoms with Crippen LogP contribution in [0.15, 0.2) is 42.5 Å². The smallest absolute Gasteiger partial charge is 0.416 e. The van der Waals surface area contributed by atoms with E-state index >= 15 is 0 Å². The number of ether oxygens (including phenoxy) is 1. The summed E-state index contributed by atoms with van der Waals surface area (Å²) < 4.78 is 83.9. The van der Waals surface area contributed by atoms with Crippen LogP contribution in [0, 0.1) is 0 Å². The zero-order valence-electron chi connectivity index (χ0n) is 17.5. The summed E-state index contributed by atoms with van der Waals surface area (Å²) in [6.45, 7) is 1.29. The number of urea groups is 1. The molecule has 186 valence electrons. The molecule has 0 spiro atoms. The SMILES string of the molecule is C[C@H](NC[C@@H]1NC(=O)NC1=O)c1ccccc1OCc1cc(C(F)(F)F)cc(C(F)(F)F)c1.Cl. The van der Waals surface area contributed by atoms with Crippen LogP contribution in [0.3, 0.4) is 0 Å². The van der Waals surface area contributed by atoms with Crippen molar-refractivity contribution in [3.63, 3.8) is 0 Å². The largest absolute Gasteiger partial charge is 0.489 e. The van der Waals surface area contributed by atoms with Gasteiger partial charge in [0, 0.05) is 18.2 Å². The topological polar surface area (TPSA) is 79.5 Å². The number of halogens is 7. The lowest BCUT2D eigenvalue weighted by molar-refractivity contribution is -0.143. The number of rotatable bonds is 7. The van der Waals surface area contributed by atoms with Crippen LogP contribution in [0.2, 0.25) is 0 Å². The van der Waals surface area contributed by atoms with Gasteiger partial charge in [-0.1, -0.05) is 18.2 Å². The molecule has 3 rings (SSSR count). The molecule has 0 unspecified atom stereocenters. The van der Waals surface area contributed by atoms with Crippen LogP contribution in [0.25, 0.3) is 0 Å². The highest BCUT2D eigenvalue weighted by Crippen LogP contribution is 2.36. The first-order chi connectivity index (χ1) is 15.3. The summed E-state index contributed by atoms with van der Waals surface area (Å²) in [5.41, 5.74) is -2.57. The average molecular weight is 512 g/mol. The zero-order chi connectivity index (χ0) is 24.4. The van der Waals surface area contributed by atoms with E-state index in [2.05, 4.69) is 16.0 Å². The third-order valence-corrected chi connectivity index (χ3v) is 4.91. The Hall–Kier alpha value is -2.99. The Labute approximate surface area is 196 Å². The Kier molecular flexibility index (Phi) is 8.43. The number of carbonyl (C=O) groups is 2. The van der Waals surface area contributed by atoms with E-state index in [1.807, 2.05) is 0 Å². The van der Waals surface area contributed by atoms with Crippen LogP contribution in [-0.2, 0) is 23.8 Å². The van der Waals surface area contributed by atoms with Gasteiger partial charge in [-0.2, -0.15) is 26.3 Å². The highest BCUT2D eigenvalue weighted by molar-refractivity contribution is 6.04. The molecule has 2 aromatic rings. The van der Waals surface area contributed by atoms with E-state index < -0.39 is 54.1 Å². The van der Waals surface area contributed by atoms with Gasteiger partial charge in [0.25, 0.3) is 5.91 Å². The van der Waals surface area contributed by atoms with Crippen LogP contribution in [0.5, 0.6) is 5.75 Å². The summed E-state index contributed by atoms with van der Waals surface area (Å²) in [7, 11) is 0. The number of imide groups is 1. The number of amides is 3. The molecule has 0 radical (unpaired) electrons. The Balaban J connectivity index is 0.00000408. The molecule has 0 aliphatic carbocycles. The predicted octanol–water partition coefficient (Wildman–Crippen LogP) is 4.58. The molecule has 1 heterocycles. The molecule has 1 saturated heterocycles. The Morgan fingerprint density at radius 3 is 2.12 bits per heavy atom. The van der Waals surface area contributed by atoms with Crippen molar-refractivity contribution in [2.75, 3.05) is 6.54 Å². The molecule has 1 aliphatic rings. The molecule has 2 aromatic carbocycles. The number of carbonyl (C=O) groups excluding carboxylic acids is 2. The molecule has 0 bridgehead atoms. The van der Waals surface area contributed by atoms with Crippen LogP contribution in [0.1, 0.15) is 35.2 Å². The van der Waals surface area contributed by atoms with E-state index in [1.54, 1.807) is 25.1 Å². The molecule has 3 N–H and O–H groups in total. The standard InChI is InChI=1S/C21H19F6N3O3.ClH/c1-11(28-9-16-18(31)30-19(32)29-16)15-4-2-3-5-17(15)33-10-12-6-13(20(22,23)24)8-14(7-12)21(25,26)27;/h2-8,11,16,28H,9-10H2,1H3,(H2,29,30,31,32);1H/t11-,16-;/m0./s1. The monoisotopic (exact) mass is 511 g/mol. The first-order valence-corrected chi connectivity index (χ1v) is 9.69. The molecular formula is C21H20ClF6N3O3. The van der Waals surface area contributed by atoms with Gasteiger partial charge in [0.2, 0.25) is 0 Å². The summed E-state index contributed by atoms with van der Waals surface area (Å²) in [4.78, 5) is 22.8. The van der Waals surface area contributed by atoms with Gasteiger partial charge in [-0.05, 0) is 36.8 Å². The second-order valence-electron chi connectivity index (χ2n) is 7.39. The molecule has 0 saturated carbocycles. The maximum Gasteiger partial charge on any atom is 0.416 e. The van der Waals surface area contributed by atoms with E-state index in [0.717, 1.165) is 0 Å². The van der Waals surface area contributed by atoms with Gasteiger partial charge in [-0.3, -0.25) is 10.1 Å². The predicted molar refractivity (Wildman–Crippen MR) is 111 cm³/mol. The fourth-order valence-electron chi connectivity index (χ4n) is 3.24. The lowest BCUT2D eigenvalue weighted by Crippen LogP contribution is -2.40. The minimum atomic E-state index is -4.95. The van der Waals surface area contributed by atoms with Crippen LogP contribution in [0.4, 0.5) is 31.1 Å². The van der Waals surface area contributed by atoms with Crippen molar-refractivity contribution in [2.45, 2.75) is 38.0 Å². The minimum absolute atomic E-state index is 0. The summed E-state index contributed by atoms with van der Waals surface area (Å²) in [5, 5.41) is 7.56. The Morgan fingerprint density at radius 2 is 1.59 bits per heavy atom. The van der Waals surface area contributed by atoms with Gasteiger partial charge in [-0.25, -0.2) is 4.79 Å². The van der Waals surface area contributed by atoms with Gasteiger partial charge >= 0.3 is 18.4 Å². The quantitative estimate of drug-likeness (QED) is 0.375. The molecule has 1 aliphatic heterocycles. The number of benzene rings is 2. The van der Waals surface area contributed by atoms with Gasteiger partial charge in [0.1, 0.15) is 18.4 Å². The van der Waals surface area contributed by atoms with Gasteiger partial charge < -0.3 is 15.4 Å². The summed E-state index contributed by atoms with van der Waals surface area (Å²) in [6, 6.07) is 5.94. The fourth-order valence-corrected chi connectivity index (χ4v) is 3.24. The summed E-state index contributed by atoms with van der Waals surface area (Å²) in [5.74, 6) is -0.252. The number of hydrogen-bond acceptors (Lipinski definition) is 4. The van der Waals surface area contributed by atoms with Gasteiger partial charge in [0.05, 0.1) is 11.1 Å². The van der Waals surface area contributed by atoms with Gasteiger partial charge in [-0.15, -0.1) is 12.4 Å². The lowest BCUT2D eigenvalue weighted by atomic mass is 10.0. The minimum Gasteiger partial charge on any atom is -0.489 e. The first kappa shape index (κ1) is 27.3. The van der Waals surface area contributed by atoms with Crippen molar-refractivity contribution in [3.05, 3.63) is 64.7 Å². The zero-order valence-corrected chi connectivity index (χ0v) is 18.3. The first-order valence-electron chi connectivity index (χ1n) is 9.69. The lowest BCUT2D eigenvalue weighted by Gasteiger charge is -2.20. The Bertz CT molecular complexity index is 1010. The second kappa shape index (κ2) is 10.5. The van der Waals surface area contributed by atoms with E-state index in [0.29, 0.717) is 17.7 Å². The number of alkyl halides is 6. The molecule has 13 heteroatoms. The molecule has 1 fully saturated rings. The summed E-state index contributed by atoms with van der Waals surface area (Å²) >= 11 is 0. The molecule has 34 heavy (non-hydrogen) atoms. The molecule has 6 nitrogen and oxygen atoms in total. The van der Waals surface area contributed by atoms with Crippen LogP contribution >= 0.6 is 12.4 Å². The molecule has 2 atom stereocenters. The van der Waals surface area contributed by atoms with Crippen LogP contribution in [-0.4, -0.2) is 24.5 Å². The van der Waals surface area contributed by atoms with E-state index in [9.17, 15) is 35.9 Å². The van der Waals surface area contributed by atoms with Crippen molar-refractivity contribution >= 4 is 24.3 Å². The van der Waals surface area contributed by atoms with Crippen molar-refractivity contribution < 1.29 is 40.7 Å². The summed E-state index contributed by atoms with van der Waals surface area (Å²) in [6.07, 6.45) is -9.90. The van der Waals surface area contributed by atoms with E-state index in [-0.39, 0.29) is 36.3 Å². The van der Waals surface area contributed by atoms with Crippen molar-refractivity contribution in [3.8, 4) is 5.75 Å². The van der Waals surface area contributed by atoms with Crippen molar-refractivity contribution in [1.29, 1.82) is 0 Å². The highest BCUT2D eigenvalue weighted by atomic mass is 35.5. The van der Waals surface area contributed by atoms with Crippen molar-refractivity contribution in [2.24, 2.45) is 0 Å². The number of hydrogen-bond donors (Lipinski definition) is 3. The third-order valence-electron chi connectivity index (χ3n) is 4.91. The maximum atomic E-state index is 13.1. The normalized spacial score (nSPS) is 17.0. The maximum absolute atomic E-state index is 13.1. The average Bonchev–Trinajstić information content (AvgIpc) is 3.06. The highest BCUT2D eigenvalue weighted by Gasteiger charge is 2.37. The van der Waals surface area contributed by atoms with Gasteiger partial charge in [0.15, 0.2) is 0 Å². The second-order valence-corrected chi connectivity index (χ2v) is 7.39. The molecular weight excluding hydrogens is 492 g/mol. The van der Waals surface area contributed by atoms with Crippen LogP contribution < -0.4 is 20.7 Å². The number of nitrogens with one attached hydrogen (secondary N) is 3. The van der Waals surface area contributed by atoms with E-state index in [4.69, 9.17) is 4.74 Å². The van der Waals surface area contributed by atoms with E-state index in [1.165, 1.54) is 6.07 Å².